The van der Waals surface area contributed by atoms with E-state index in [9.17, 15) is 15.0 Å². The standard InChI is InChI=1S/C12H24N2O3.Na/c1-2-3-4-5-11(15)10-14-9-8-13-7-6-12(16)17;/h3-4,11,13-15H,2,5-10H2,1H3,(H,16,17);/q;+1/p-1/b4-3+;. The van der Waals surface area contributed by atoms with E-state index in [-0.39, 0.29) is 42.1 Å². The van der Waals surface area contributed by atoms with Gasteiger partial charge in [-0.3, -0.25) is 0 Å². The van der Waals surface area contributed by atoms with Crippen molar-refractivity contribution in [1.82, 2.24) is 10.6 Å². The van der Waals surface area contributed by atoms with Crippen molar-refractivity contribution in [1.29, 1.82) is 0 Å². The molecule has 5 nitrogen and oxygen atoms in total. The minimum atomic E-state index is -1.04. The van der Waals surface area contributed by atoms with Crippen LogP contribution in [0.3, 0.4) is 0 Å². The fourth-order valence-electron chi connectivity index (χ4n) is 1.26. The third-order valence-electron chi connectivity index (χ3n) is 2.17. The molecule has 0 aliphatic rings. The summed E-state index contributed by atoms with van der Waals surface area (Å²) in [4.78, 5) is 10.1. The predicted octanol–water partition coefficient (Wildman–Crippen LogP) is -3.97. The van der Waals surface area contributed by atoms with Crippen LogP contribution in [0.4, 0.5) is 0 Å². The first-order valence-corrected chi connectivity index (χ1v) is 6.11. The number of carbonyl (C=O) groups is 1. The van der Waals surface area contributed by atoms with E-state index in [1.807, 2.05) is 12.2 Å². The second-order valence-electron chi connectivity index (χ2n) is 3.85. The number of carboxylic acid groups (broad SMARTS) is 1. The van der Waals surface area contributed by atoms with Gasteiger partial charge in [0.1, 0.15) is 0 Å². The van der Waals surface area contributed by atoms with Gasteiger partial charge in [0.05, 0.1) is 6.10 Å². The molecule has 0 radical (unpaired) electrons. The van der Waals surface area contributed by atoms with E-state index in [1.54, 1.807) is 0 Å². The molecule has 0 aromatic carbocycles. The Balaban J connectivity index is 0. The van der Waals surface area contributed by atoms with Gasteiger partial charge >= 0.3 is 29.6 Å². The largest absolute Gasteiger partial charge is 1.00 e. The summed E-state index contributed by atoms with van der Waals surface area (Å²) < 4.78 is 0. The smallest absolute Gasteiger partial charge is 0.550 e. The van der Waals surface area contributed by atoms with Crippen molar-refractivity contribution in [3.8, 4) is 0 Å². The van der Waals surface area contributed by atoms with Gasteiger partial charge in [-0.05, 0) is 19.3 Å². The average Bonchev–Trinajstić information content (AvgIpc) is 2.28. The van der Waals surface area contributed by atoms with Gasteiger partial charge in [-0.1, -0.05) is 19.1 Å². The summed E-state index contributed by atoms with van der Waals surface area (Å²) in [5, 5.41) is 25.7. The van der Waals surface area contributed by atoms with Crippen LogP contribution in [-0.4, -0.2) is 43.4 Å². The van der Waals surface area contributed by atoms with Crippen LogP contribution < -0.4 is 45.3 Å². The van der Waals surface area contributed by atoms with Crippen molar-refractivity contribution in [2.24, 2.45) is 0 Å². The monoisotopic (exact) mass is 266 g/mol. The van der Waals surface area contributed by atoms with E-state index in [0.29, 0.717) is 32.6 Å². The molecule has 0 rings (SSSR count). The molecule has 0 bridgehead atoms. The number of aliphatic hydroxyl groups excluding tert-OH is 1. The molecule has 0 aromatic rings. The summed E-state index contributed by atoms with van der Waals surface area (Å²) in [6.45, 7) is 4.42. The van der Waals surface area contributed by atoms with Gasteiger partial charge in [0, 0.05) is 32.1 Å². The van der Waals surface area contributed by atoms with Gasteiger partial charge in [0.2, 0.25) is 0 Å². The number of nitrogens with one attached hydrogen (secondary N) is 2. The Hall–Kier alpha value is 0.0900. The Morgan fingerprint density at radius 1 is 1.28 bits per heavy atom. The maximum absolute atomic E-state index is 10.1. The molecule has 1 atom stereocenters. The van der Waals surface area contributed by atoms with Crippen LogP contribution in [0.1, 0.15) is 26.2 Å². The van der Waals surface area contributed by atoms with E-state index < -0.39 is 5.97 Å². The Kier molecular flexibility index (Phi) is 17.2. The summed E-state index contributed by atoms with van der Waals surface area (Å²) in [5.74, 6) is -1.04. The molecule has 0 aliphatic heterocycles. The zero-order chi connectivity index (χ0) is 12.9. The van der Waals surface area contributed by atoms with Crippen molar-refractivity contribution in [2.45, 2.75) is 32.3 Å². The van der Waals surface area contributed by atoms with Crippen LogP contribution in [0.15, 0.2) is 12.2 Å². The van der Waals surface area contributed by atoms with Gasteiger partial charge in [-0.25, -0.2) is 0 Å². The Labute approximate surface area is 131 Å². The molecule has 0 saturated heterocycles. The van der Waals surface area contributed by atoms with Crippen LogP contribution in [-0.2, 0) is 4.79 Å². The van der Waals surface area contributed by atoms with Crippen LogP contribution >= 0.6 is 0 Å². The zero-order valence-corrected chi connectivity index (χ0v) is 13.4. The molecule has 0 heterocycles. The molecule has 0 aromatic heterocycles. The topological polar surface area (TPSA) is 84.4 Å². The first-order chi connectivity index (χ1) is 8.16. The first-order valence-electron chi connectivity index (χ1n) is 6.11. The fourth-order valence-corrected chi connectivity index (χ4v) is 1.26. The molecular weight excluding hydrogens is 243 g/mol. The third-order valence-corrected chi connectivity index (χ3v) is 2.17. The molecule has 18 heavy (non-hydrogen) atoms. The summed E-state index contributed by atoms with van der Waals surface area (Å²) in [5.41, 5.74) is 0. The quantitative estimate of drug-likeness (QED) is 0.202. The fraction of sp³-hybridized carbons (Fsp3) is 0.750. The molecule has 0 spiro atoms. The second-order valence-corrected chi connectivity index (χ2v) is 3.85. The maximum Gasteiger partial charge on any atom is 1.00 e. The molecule has 1 unspecified atom stereocenters. The van der Waals surface area contributed by atoms with Crippen LogP contribution in [0.5, 0.6) is 0 Å². The molecule has 6 heteroatoms. The summed E-state index contributed by atoms with van der Waals surface area (Å²) in [6.07, 6.45) is 5.34. The first kappa shape index (κ1) is 20.4. The third kappa shape index (κ3) is 16.1. The number of hydrogen-bond donors (Lipinski definition) is 3. The molecule has 0 amide bonds. The Morgan fingerprint density at radius 2 is 1.94 bits per heavy atom. The molecular formula is C12H23N2NaO3. The zero-order valence-electron chi connectivity index (χ0n) is 11.4. The van der Waals surface area contributed by atoms with Crippen molar-refractivity contribution in [3.63, 3.8) is 0 Å². The van der Waals surface area contributed by atoms with Crippen LogP contribution in [0, 0.1) is 0 Å². The minimum Gasteiger partial charge on any atom is -0.550 e. The number of allylic oxidation sites excluding steroid dienone is 1. The summed E-state index contributed by atoms with van der Waals surface area (Å²) >= 11 is 0. The normalized spacial score (nSPS) is 12.3. The Morgan fingerprint density at radius 3 is 2.56 bits per heavy atom. The van der Waals surface area contributed by atoms with E-state index in [4.69, 9.17) is 0 Å². The van der Waals surface area contributed by atoms with Gasteiger partial charge in [-0.2, -0.15) is 0 Å². The number of carbonyl (C=O) groups excluding carboxylic acids is 1. The van der Waals surface area contributed by atoms with Crippen molar-refractivity contribution in [3.05, 3.63) is 12.2 Å². The van der Waals surface area contributed by atoms with E-state index >= 15 is 0 Å². The predicted molar refractivity (Wildman–Crippen MR) is 65.4 cm³/mol. The van der Waals surface area contributed by atoms with E-state index in [0.717, 1.165) is 6.42 Å². The van der Waals surface area contributed by atoms with Crippen molar-refractivity contribution in [2.75, 3.05) is 26.2 Å². The van der Waals surface area contributed by atoms with Gasteiger partial charge < -0.3 is 25.6 Å². The molecule has 100 valence electrons. The summed E-state index contributed by atoms with van der Waals surface area (Å²) in [6, 6.07) is 0. The SMILES string of the molecule is CC/C=C/CC(O)CNCCNCCC(=O)[O-].[Na+]. The summed E-state index contributed by atoms with van der Waals surface area (Å²) in [7, 11) is 0. The van der Waals surface area contributed by atoms with Gasteiger partial charge in [0.15, 0.2) is 0 Å². The number of hydrogen-bond acceptors (Lipinski definition) is 5. The maximum atomic E-state index is 10.1. The second kappa shape index (κ2) is 15.1. The number of aliphatic carboxylic acids is 1. The molecule has 0 fully saturated rings. The van der Waals surface area contributed by atoms with Gasteiger partial charge in [0.25, 0.3) is 0 Å². The minimum absolute atomic E-state index is 0. The van der Waals surface area contributed by atoms with Crippen molar-refractivity contribution >= 4 is 5.97 Å². The number of aliphatic hydroxyl groups is 1. The molecule has 0 saturated carbocycles. The Bertz CT molecular complexity index is 225. The van der Waals surface area contributed by atoms with E-state index in [2.05, 4.69) is 17.6 Å². The van der Waals surface area contributed by atoms with Crippen LogP contribution in [0.25, 0.3) is 0 Å². The number of rotatable bonds is 11. The van der Waals surface area contributed by atoms with Crippen LogP contribution in [0.2, 0.25) is 0 Å². The number of carboxylic acids is 1. The van der Waals surface area contributed by atoms with Gasteiger partial charge in [-0.15, -0.1) is 0 Å². The molecule has 3 N–H and O–H groups in total. The van der Waals surface area contributed by atoms with E-state index in [1.165, 1.54) is 0 Å². The molecule has 0 aliphatic carbocycles. The average molecular weight is 266 g/mol. The van der Waals surface area contributed by atoms with Crippen molar-refractivity contribution < 1.29 is 44.6 Å².